The van der Waals surface area contributed by atoms with Crippen molar-refractivity contribution in [3.05, 3.63) is 24.0 Å². The lowest BCUT2D eigenvalue weighted by Gasteiger charge is -1.98. The average Bonchev–Trinajstić information content (AvgIpc) is 2.34. The molecule has 54 valence electrons. The predicted molar refractivity (Wildman–Crippen MR) is 39.4 cm³/mol. The Labute approximate surface area is 59.6 Å². The van der Waals surface area contributed by atoms with Crippen molar-refractivity contribution in [3.63, 3.8) is 0 Å². The van der Waals surface area contributed by atoms with E-state index in [2.05, 4.69) is 5.16 Å². The maximum atomic E-state index is 8.41. The fourth-order valence-corrected chi connectivity index (χ4v) is 0.888. The minimum absolute atomic E-state index is 0.632. The Bertz CT molecular complexity index is 250. The highest BCUT2D eigenvalue weighted by atomic mass is 16.4. The highest BCUT2D eigenvalue weighted by molar-refractivity contribution is 5.96. The topological polar surface area (TPSA) is 37.5 Å². The number of oxime groups is 1. The van der Waals surface area contributed by atoms with E-state index in [-0.39, 0.29) is 0 Å². The van der Waals surface area contributed by atoms with Crippen LogP contribution in [0.1, 0.15) is 12.6 Å². The van der Waals surface area contributed by atoms with Crippen LogP contribution in [-0.4, -0.2) is 15.5 Å². The van der Waals surface area contributed by atoms with E-state index in [1.807, 2.05) is 29.9 Å². The molecule has 0 unspecified atom stereocenters. The molecule has 0 saturated heterocycles. The van der Waals surface area contributed by atoms with Gasteiger partial charge in [-0.3, -0.25) is 0 Å². The first-order chi connectivity index (χ1) is 4.75. The fourth-order valence-electron chi connectivity index (χ4n) is 0.888. The molecule has 0 aromatic carbocycles. The third-order valence-electron chi connectivity index (χ3n) is 1.46. The lowest BCUT2D eigenvalue weighted by atomic mass is 10.3. The molecule has 0 aliphatic carbocycles. The van der Waals surface area contributed by atoms with Gasteiger partial charge in [0.2, 0.25) is 0 Å². The van der Waals surface area contributed by atoms with Crippen LogP contribution in [0.3, 0.4) is 0 Å². The van der Waals surface area contributed by atoms with E-state index in [0.717, 1.165) is 5.69 Å². The molecule has 0 aliphatic rings. The van der Waals surface area contributed by atoms with Gasteiger partial charge in [-0.1, -0.05) is 5.16 Å². The number of hydrogen-bond donors (Lipinski definition) is 1. The molecule has 0 spiro atoms. The molecule has 0 atom stereocenters. The molecule has 0 amide bonds. The van der Waals surface area contributed by atoms with Crippen molar-refractivity contribution in [3.8, 4) is 0 Å². The summed E-state index contributed by atoms with van der Waals surface area (Å²) in [5.41, 5.74) is 1.56. The van der Waals surface area contributed by atoms with E-state index in [9.17, 15) is 0 Å². The summed E-state index contributed by atoms with van der Waals surface area (Å²) >= 11 is 0. The maximum Gasteiger partial charge on any atom is 0.100 e. The summed E-state index contributed by atoms with van der Waals surface area (Å²) in [6.07, 6.45) is 1.91. The van der Waals surface area contributed by atoms with Gasteiger partial charge in [-0.05, 0) is 19.1 Å². The molecule has 0 radical (unpaired) electrons. The molecule has 1 rings (SSSR count). The molecule has 1 heterocycles. The summed E-state index contributed by atoms with van der Waals surface area (Å²) in [6, 6.07) is 3.80. The SMILES string of the molecule is C/C(=N\O)c1cccn1C. The Balaban J connectivity index is 3.05. The van der Waals surface area contributed by atoms with Crippen molar-refractivity contribution in [1.29, 1.82) is 0 Å². The van der Waals surface area contributed by atoms with E-state index >= 15 is 0 Å². The summed E-state index contributed by atoms with van der Waals surface area (Å²) in [5.74, 6) is 0. The fraction of sp³-hybridized carbons (Fsp3) is 0.286. The van der Waals surface area contributed by atoms with Crippen LogP contribution in [0.15, 0.2) is 23.5 Å². The monoisotopic (exact) mass is 138 g/mol. The van der Waals surface area contributed by atoms with E-state index < -0.39 is 0 Å². The van der Waals surface area contributed by atoms with Gasteiger partial charge in [-0.15, -0.1) is 0 Å². The first-order valence-corrected chi connectivity index (χ1v) is 3.06. The number of aryl methyl sites for hydroxylation is 1. The molecule has 0 bridgehead atoms. The molecule has 0 saturated carbocycles. The van der Waals surface area contributed by atoms with E-state index in [4.69, 9.17) is 5.21 Å². The quantitative estimate of drug-likeness (QED) is 0.353. The Hall–Kier alpha value is -1.25. The van der Waals surface area contributed by atoms with Crippen LogP contribution in [0.25, 0.3) is 0 Å². The Morgan fingerprint density at radius 2 is 2.40 bits per heavy atom. The summed E-state index contributed by atoms with van der Waals surface area (Å²) in [7, 11) is 1.91. The smallest absolute Gasteiger partial charge is 0.100 e. The number of aromatic nitrogens is 1. The van der Waals surface area contributed by atoms with Gasteiger partial charge < -0.3 is 9.77 Å². The van der Waals surface area contributed by atoms with Crippen LogP contribution in [0.2, 0.25) is 0 Å². The zero-order valence-corrected chi connectivity index (χ0v) is 6.07. The second-order valence-corrected chi connectivity index (χ2v) is 2.19. The van der Waals surface area contributed by atoms with Crippen LogP contribution >= 0.6 is 0 Å². The zero-order chi connectivity index (χ0) is 7.56. The van der Waals surface area contributed by atoms with Crippen molar-refractivity contribution >= 4 is 5.71 Å². The third kappa shape index (κ3) is 1.03. The lowest BCUT2D eigenvalue weighted by molar-refractivity contribution is 0.318. The van der Waals surface area contributed by atoms with Crippen molar-refractivity contribution in [2.75, 3.05) is 0 Å². The highest BCUT2D eigenvalue weighted by Gasteiger charge is 1.99. The molecule has 3 nitrogen and oxygen atoms in total. The van der Waals surface area contributed by atoms with Crippen molar-refractivity contribution in [1.82, 2.24) is 4.57 Å². The molecular weight excluding hydrogens is 128 g/mol. The number of hydrogen-bond acceptors (Lipinski definition) is 2. The summed E-state index contributed by atoms with van der Waals surface area (Å²) in [4.78, 5) is 0. The predicted octanol–water partition coefficient (Wildman–Crippen LogP) is 1.22. The van der Waals surface area contributed by atoms with Gasteiger partial charge in [0.25, 0.3) is 0 Å². The van der Waals surface area contributed by atoms with Gasteiger partial charge in [0.05, 0.1) is 5.69 Å². The minimum atomic E-state index is 0.632. The van der Waals surface area contributed by atoms with E-state index in [0.29, 0.717) is 5.71 Å². The van der Waals surface area contributed by atoms with E-state index in [1.165, 1.54) is 0 Å². The molecule has 0 aliphatic heterocycles. The molecule has 1 aromatic heterocycles. The van der Waals surface area contributed by atoms with Gasteiger partial charge in [-0.25, -0.2) is 0 Å². The van der Waals surface area contributed by atoms with Gasteiger partial charge >= 0.3 is 0 Å². The Morgan fingerprint density at radius 1 is 1.70 bits per heavy atom. The Morgan fingerprint density at radius 3 is 2.80 bits per heavy atom. The normalized spacial score (nSPS) is 12.0. The van der Waals surface area contributed by atoms with Gasteiger partial charge in [0.1, 0.15) is 5.71 Å². The molecular formula is C7H10N2O. The van der Waals surface area contributed by atoms with Crippen LogP contribution in [0.5, 0.6) is 0 Å². The third-order valence-corrected chi connectivity index (χ3v) is 1.46. The first kappa shape index (κ1) is 6.86. The van der Waals surface area contributed by atoms with Crippen LogP contribution in [-0.2, 0) is 7.05 Å². The molecule has 1 aromatic rings. The number of rotatable bonds is 1. The second kappa shape index (κ2) is 2.56. The second-order valence-electron chi connectivity index (χ2n) is 2.19. The highest BCUT2D eigenvalue weighted by Crippen LogP contribution is 2.00. The molecule has 10 heavy (non-hydrogen) atoms. The average molecular weight is 138 g/mol. The number of nitrogens with zero attached hydrogens (tertiary/aromatic N) is 2. The van der Waals surface area contributed by atoms with Gasteiger partial charge in [-0.2, -0.15) is 0 Å². The largest absolute Gasteiger partial charge is 0.411 e. The minimum Gasteiger partial charge on any atom is -0.411 e. The van der Waals surface area contributed by atoms with Crippen molar-refractivity contribution in [2.45, 2.75) is 6.92 Å². The van der Waals surface area contributed by atoms with Gasteiger partial charge in [0, 0.05) is 13.2 Å². The van der Waals surface area contributed by atoms with Crippen molar-refractivity contribution in [2.24, 2.45) is 12.2 Å². The summed E-state index contributed by atoms with van der Waals surface area (Å²) < 4.78 is 1.90. The van der Waals surface area contributed by atoms with Gasteiger partial charge in [0.15, 0.2) is 0 Å². The molecule has 1 N–H and O–H groups in total. The van der Waals surface area contributed by atoms with Crippen LogP contribution < -0.4 is 0 Å². The molecule has 3 heteroatoms. The zero-order valence-electron chi connectivity index (χ0n) is 6.07. The lowest BCUT2D eigenvalue weighted by Crippen LogP contribution is -2.01. The van der Waals surface area contributed by atoms with Crippen molar-refractivity contribution < 1.29 is 5.21 Å². The summed E-state index contributed by atoms with van der Waals surface area (Å²) in [6.45, 7) is 1.76. The molecule has 0 fully saturated rings. The maximum absolute atomic E-state index is 8.41. The van der Waals surface area contributed by atoms with Crippen LogP contribution in [0.4, 0.5) is 0 Å². The Kier molecular flexibility index (Phi) is 1.76. The standard InChI is InChI=1S/C7H10N2O/c1-6(8-10)7-4-3-5-9(7)2/h3-5,10H,1-2H3/b8-6+. The first-order valence-electron chi connectivity index (χ1n) is 3.06. The summed E-state index contributed by atoms with van der Waals surface area (Å²) in [5, 5.41) is 11.5. The van der Waals surface area contributed by atoms with E-state index in [1.54, 1.807) is 6.92 Å². The van der Waals surface area contributed by atoms with Crippen LogP contribution in [0, 0.1) is 0 Å².